The van der Waals surface area contributed by atoms with Crippen molar-refractivity contribution in [3.05, 3.63) is 45.9 Å². The third kappa shape index (κ3) is 5.22. The molecule has 5 nitrogen and oxygen atoms in total. The van der Waals surface area contributed by atoms with Gasteiger partial charge in [0.15, 0.2) is 0 Å². The highest BCUT2D eigenvalue weighted by atomic mass is 32.2. The number of hydrogen-bond acceptors (Lipinski definition) is 5. The number of nitrogens with two attached hydrogens (primary N) is 1. The predicted molar refractivity (Wildman–Crippen MR) is 101 cm³/mol. The number of hydrogen-bond donors (Lipinski definition) is 2. The van der Waals surface area contributed by atoms with E-state index in [0.29, 0.717) is 30.1 Å². The van der Waals surface area contributed by atoms with E-state index in [0.717, 1.165) is 10.6 Å². The molecule has 0 aliphatic heterocycles. The molecule has 130 valence electrons. The van der Waals surface area contributed by atoms with E-state index in [9.17, 15) is 9.00 Å². The van der Waals surface area contributed by atoms with E-state index < -0.39 is 10.8 Å². The van der Waals surface area contributed by atoms with Gasteiger partial charge < -0.3 is 11.1 Å². The van der Waals surface area contributed by atoms with E-state index in [1.54, 1.807) is 5.38 Å². The average Bonchev–Trinajstić information content (AvgIpc) is 2.96. The summed E-state index contributed by atoms with van der Waals surface area (Å²) in [6.45, 7) is 6.38. The molecule has 3 N–H and O–H groups in total. The molecule has 0 fully saturated rings. The van der Waals surface area contributed by atoms with Crippen LogP contribution in [0.25, 0.3) is 0 Å². The Bertz CT molecular complexity index is 735. The summed E-state index contributed by atoms with van der Waals surface area (Å²) in [6, 6.07) is 7.44. The fraction of sp³-hybridized carbons (Fsp3) is 0.412. The zero-order chi connectivity index (χ0) is 17.7. The molecule has 1 aromatic carbocycles. The Morgan fingerprint density at radius 3 is 2.79 bits per heavy atom. The number of thiazole rings is 1. The summed E-state index contributed by atoms with van der Waals surface area (Å²) in [7, 11) is -0.980. The second-order valence-electron chi connectivity index (χ2n) is 6.42. The molecule has 0 aliphatic carbocycles. The highest BCUT2D eigenvalue weighted by Crippen LogP contribution is 2.19. The monoisotopic (exact) mass is 365 g/mol. The molecule has 0 aliphatic rings. The molecule has 0 saturated heterocycles. The third-order valence-corrected chi connectivity index (χ3v) is 6.18. The van der Waals surface area contributed by atoms with E-state index in [4.69, 9.17) is 5.73 Å². The summed E-state index contributed by atoms with van der Waals surface area (Å²) in [5, 5.41) is 5.43. The maximum atomic E-state index is 12.3. The number of benzene rings is 1. The van der Waals surface area contributed by atoms with Crippen LogP contribution in [0.5, 0.6) is 0 Å². The van der Waals surface area contributed by atoms with Gasteiger partial charge in [0.1, 0.15) is 5.69 Å². The number of amides is 1. The highest BCUT2D eigenvalue weighted by Gasteiger charge is 2.19. The van der Waals surface area contributed by atoms with Gasteiger partial charge in [-0.15, -0.1) is 11.3 Å². The van der Waals surface area contributed by atoms with Crippen LogP contribution < -0.4 is 11.1 Å². The molecule has 0 bridgehead atoms. The quantitative estimate of drug-likeness (QED) is 0.824. The number of nitrogens with one attached hydrogen (secondary N) is 1. The lowest BCUT2D eigenvalue weighted by molar-refractivity contribution is 0.102. The van der Waals surface area contributed by atoms with Gasteiger partial charge in [-0.25, -0.2) is 4.98 Å². The van der Waals surface area contributed by atoms with Gasteiger partial charge in [0.2, 0.25) is 0 Å². The molecule has 7 heteroatoms. The second kappa shape index (κ2) is 8.00. The number of carbonyl (C=O) groups is 1. The molecule has 1 atom stereocenters. The zero-order valence-corrected chi connectivity index (χ0v) is 15.8. The lowest BCUT2D eigenvalue weighted by Crippen LogP contribution is -2.23. The molecular weight excluding hydrogens is 342 g/mol. The van der Waals surface area contributed by atoms with Gasteiger partial charge >= 0.3 is 0 Å². The minimum Gasteiger partial charge on any atom is -0.330 e. The second-order valence-corrected chi connectivity index (χ2v) is 9.57. The van der Waals surface area contributed by atoms with Crippen LogP contribution in [0.15, 0.2) is 29.6 Å². The van der Waals surface area contributed by atoms with Crippen LogP contribution in [0.2, 0.25) is 0 Å². The number of carbonyl (C=O) groups excluding carboxylic acids is 1. The Morgan fingerprint density at radius 2 is 2.12 bits per heavy atom. The van der Waals surface area contributed by atoms with E-state index >= 15 is 0 Å². The largest absolute Gasteiger partial charge is 0.330 e. The number of rotatable bonds is 6. The fourth-order valence-corrected chi connectivity index (χ4v) is 3.66. The smallest absolute Gasteiger partial charge is 0.275 e. The predicted octanol–water partition coefficient (Wildman–Crippen LogP) is 2.94. The van der Waals surface area contributed by atoms with Crippen molar-refractivity contribution in [3.8, 4) is 0 Å². The first-order chi connectivity index (χ1) is 11.3. The fourth-order valence-electron chi connectivity index (χ4n) is 1.96. The summed E-state index contributed by atoms with van der Waals surface area (Å²) in [6.07, 6.45) is 0.673. The van der Waals surface area contributed by atoms with Gasteiger partial charge in [-0.05, 0) is 45.0 Å². The molecule has 24 heavy (non-hydrogen) atoms. The van der Waals surface area contributed by atoms with Gasteiger partial charge in [0, 0.05) is 38.8 Å². The Kier molecular flexibility index (Phi) is 6.26. The zero-order valence-electron chi connectivity index (χ0n) is 14.2. The van der Waals surface area contributed by atoms with E-state index in [1.165, 1.54) is 11.3 Å². The van der Waals surface area contributed by atoms with Gasteiger partial charge in [-0.1, -0.05) is 12.1 Å². The van der Waals surface area contributed by atoms with Crippen molar-refractivity contribution in [2.45, 2.75) is 37.7 Å². The van der Waals surface area contributed by atoms with E-state index in [2.05, 4.69) is 10.3 Å². The molecular formula is C17H23N3O2S2. The molecule has 1 amide bonds. The Hall–Kier alpha value is -1.57. The Morgan fingerprint density at radius 1 is 1.38 bits per heavy atom. The molecule has 0 saturated carbocycles. The standard InChI is InChI=1S/C17H23N3O2S2/c1-17(2,3)24(22)11-12-5-4-6-13(9-12)19-16(21)14-10-23-15(20-14)7-8-18/h4-6,9-10H,7-8,11,18H2,1-3H3,(H,19,21). The minimum atomic E-state index is -0.980. The van der Waals surface area contributed by atoms with Gasteiger partial charge in [-0.3, -0.25) is 9.00 Å². The van der Waals surface area contributed by atoms with Crippen LogP contribution in [-0.4, -0.2) is 26.4 Å². The van der Waals surface area contributed by atoms with Crippen LogP contribution in [0.3, 0.4) is 0 Å². The van der Waals surface area contributed by atoms with Gasteiger partial charge in [0.25, 0.3) is 5.91 Å². The first-order valence-electron chi connectivity index (χ1n) is 7.73. The summed E-state index contributed by atoms with van der Waals surface area (Å²) in [5.41, 5.74) is 7.50. The summed E-state index contributed by atoms with van der Waals surface area (Å²) in [5.74, 6) is 0.216. The molecule has 1 aromatic heterocycles. The minimum absolute atomic E-state index is 0.247. The summed E-state index contributed by atoms with van der Waals surface area (Å²) < 4.78 is 12.0. The number of nitrogens with zero attached hydrogens (tertiary/aromatic N) is 1. The van der Waals surface area contributed by atoms with Crippen molar-refractivity contribution < 1.29 is 9.00 Å². The van der Waals surface area contributed by atoms with Crippen LogP contribution in [0.1, 0.15) is 41.8 Å². The molecule has 2 aromatic rings. The normalized spacial score (nSPS) is 12.8. The average molecular weight is 366 g/mol. The molecule has 0 spiro atoms. The van der Waals surface area contributed by atoms with Crippen molar-refractivity contribution in [1.82, 2.24) is 4.98 Å². The van der Waals surface area contributed by atoms with Crippen molar-refractivity contribution in [1.29, 1.82) is 0 Å². The van der Waals surface area contributed by atoms with Crippen LogP contribution in [0.4, 0.5) is 5.69 Å². The maximum Gasteiger partial charge on any atom is 0.275 e. The maximum absolute atomic E-state index is 12.3. The van der Waals surface area contributed by atoms with Crippen LogP contribution in [-0.2, 0) is 23.0 Å². The van der Waals surface area contributed by atoms with E-state index in [-0.39, 0.29) is 10.7 Å². The van der Waals surface area contributed by atoms with E-state index in [1.807, 2.05) is 45.0 Å². The highest BCUT2D eigenvalue weighted by molar-refractivity contribution is 7.85. The topological polar surface area (TPSA) is 85.1 Å². The van der Waals surface area contributed by atoms with Crippen LogP contribution in [0, 0.1) is 0 Å². The molecule has 2 rings (SSSR count). The lowest BCUT2D eigenvalue weighted by atomic mass is 10.2. The SMILES string of the molecule is CC(C)(C)S(=O)Cc1cccc(NC(=O)c2csc(CCN)n2)c1. The number of aromatic nitrogens is 1. The third-order valence-electron chi connectivity index (χ3n) is 3.31. The van der Waals surface area contributed by atoms with Crippen molar-refractivity contribution in [2.24, 2.45) is 5.73 Å². The Labute approximate surface area is 149 Å². The van der Waals surface area contributed by atoms with Gasteiger partial charge in [-0.2, -0.15) is 0 Å². The lowest BCUT2D eigenvalue weighted by Gasteiger charge is -2.17. The first kappa shape index (κ1) is 18.8. The van der Waals surface area contributed by atoms with Crippen LogP contribution >= 0.6 is 11.3 Å². The molecule has 1 unspecified atom stereocenters. The van der Waals surface area contributed by atoms with Crippen molar-refractivity contribution in [3.63, 3.8) is 0 Å². The number of anilines is 1. The first-order valence-corrected chi connectivity index (χ1v) is 9.92. The van der Waals surface area contributed by atoms with Crippen molar-refractivity contribution in [2.75, 3.05) is 11.9 Å². The summed E-state index contributed by atoms with van der Waals surface area (Å²) in [4.78, 5) is 16.5. The molecule has 1 heterocycles. The van der Waals surface area contributed by atoms with Gasteiger partial charge in [0.05, 0.1) is 5.01 Å². The Balaban J connectivity index is 2.05. The molecule has 0 radical (unpaired) electrons. The summed E-state index contributed by atoms with van der Waals surface area (Å²) >= 11 is 1.44. The van der Waals surface area contributed by atoms with Crippen molar-refractivity contribution >= 4 is 33.7 Å².